The van der Waals surface area contributed by atoms with Crippen LogP contribution in [0.25, 0.3) is 0 Å². The van der Waals surface area contributed by atoms with E-state index in [0.29, 0.717) is 0 Å². The molecule has 9 radical (unpaired) electrons. The number of aliphatic hydroxyl groups is 1. The van der Waals surface area contributed by atoms with E-state index in [4.69, 9.17) is 5.11 Å². The van der Waals surface area contributed by atoms with Crippen molar-refractivity contribution in [3.8, 4) is 0 Å². The van der Waals surface area contributed by atoms with E-state index in [0.717, 1.165) is 25.7 Å². The van der Waals surface area contributed by atoms with E-state index in [1.165, 1.54) is 19.9 Å². The molecule has 16 heavy (non-hydrogen) atoms. The van der Waals surface area contributed by atoms with E-state index in [2.05, 4.69) is 25.7 Å². The van der Waals surface area contributed by atoms with Crippen LogP contribution in [0.3, 0.4) is 0 Å². The summed E-state index contributed by atoms with van der Waals surface area (Å²) in [6.45, 7) is 2.85. The van der Waals surface area contributed by atoms with Gasteiger partial charge >= 0.3 is 0 Å². The molecule has 0 atom stereocenters. The second kappa shape index (κ2) is 12.9. The van der Waals surface area contributed by atoms with Crippen molar-refractivity contribution < 1.29 is 30.0 Å². The van der Waals surface area contributed by atoms with Crippen LogP contribution in [-0.2, 0) is 24.9 Å². The van der Waals surface area contributed by atoms with Crippen molar-refractivity contribution in [2.45, 2.75) is 39.5 Å². The van der Waals surface area contributed by atoms with Crippen molar-refractivity contribution in [2.24, 2.45) is 0 Å². The Hall–Kier alpha value is -0.141. The van der Waals surface area contributed by atoms with Crippen LogP contribution in [0.1, 0.15) is 39.5 Å². The molecule has 0 aliphatic heterocycles. The standard InChI is InChI=1S/C8H8.C5H8O2.Ir/c1-2-4-6-8-7-5-3-1;1-4(6)3-5(2)7;/h1-2,7-8H2;3,6H,1-2H3;/b;4-3-;. The van der Waals surface area contributed by atoms with Crippen molar-refractivity contribution >= 4 is 5.78 Å². The molecule has 1 aliphatic carbocycles. The summed E-state index contributed by atoms with van der Waals surface area (Å²) in [4.78, 5) is 10.0. The molecule has 2 nitrogen and oxygen atoms in total. The van der Waals surface area contributed by atoms with Gasteiger partial charge in [-0.2, -0.15) is 0 Å². The average Bonchev–Trinajstić information content (AvgIpc) is 1.99. The molecule has 0 saturated heterocycles. The van der Waals surface area contributed by atoms with Gasteiger partial charge in [-0.05, 0) is 65.2 Å². The van der Waals surface area contributed by atoms with Crippen molar-refractivity contribution in [1.82, 2.24) is 0 Å². The molecule has 1 fully saturated rings. The Balaban J connectivity index is 0. The topological polar surface area (TPSA) is 37.3 Å². The fourth-order valence-corrected chi connectivity index (χ4v) is 0.898. The Kier molecular flexibility index (Phi) is 14.7. The molecule has 0 spiro atoms. The van der Waals surface area contributed by atoms with Gasteiger partial charge in [-0.15, -0.1) is 0 Å². The minimum atomic E-state index is -0.125. The number of hydrogen-bond acceptors (Lipinski definition) is 2. The first-order valence-electron chi connectivity index (χ1n) is 4.92. The molecule has 1 rings (SSSR count). The molecule has 1 aliphatic rings. The van der Waals surface area contributed by atoms with Gasteiger partial charge in [0.2, 0.25) is 0 Å². The number of carbonyl (C=O) groups is 1. The Morgan fingerprint density at radius 1 is 1.00 bits per heavy atom. The van der Waals surface area contributed by atoms with Gasteiger partial charge in [-0.3, -0.25) is 4.79 Å². The summed E-state index contributed by atoms with van der Waals surface area (Å²) < 4.78 is 0. The van der Waals surface area contributed by atoms with Crippen molar-refractivity contribution in [3.63, 3.8) is 0 Å². The Morgan fingerprint density at radius 3 is 1.44 bits per heavy atom. The maximum atomic E-state index is 10.0. The van der Waals surface area contributed by atoms with E-state index >= 15 is 0 Å². The van der Waals surface area contributed by atoms with Crippen molar-refractivity contribution in [3.05, 3.63) is 37.5 Å². The summed E-state index contributed by atoms with van der Waals surface area (Å²) in [5.74, 6) is -0.0625. The Labute approximate surface area is 113 Å². The van der Waals surface area contributed by atoms with Crippen LogP contribution >= 0.6 is 0 Å². The molecule has 3 heteroatoms. The van der Waals surface area contributed by atoms with Gasteiger partial charge in [0.15, 0.2) is 5.78 Å². The van der Waals surface area contributed by atoms with E-state index in [1.54, 1.807) is 0 Å². The van der Waals surface area contributed by atoms with Gasteiger partial charge in [0.1, 0.15) is 0 Å². The van der Waals surface area contributed by atoms with Crippen LogP contribution in [-0.4, -0.2) is 10.9 Å². The molecule has 0 aromatic carbocycles. The summed E-state index contributed by atoms with van der Waals surface area (Å²) in [7, 11) is 0. The van der Waals surface area contributed by atoms with Crippen molar-refractivity contribution in [2.75, 3.05) is 0 Å². The zero-order valence-corrected chi connectivity index (χ0v) is 12.0. The van der Waals surface area contributed by atoms with Gasteiger partial charge in [0, 0.05) is 26.2 Å². The molecule has 1 N–H and O–H groups in total. The van der Waals surface area contributed by atoms with Gasteiger partial charge in [0.25, 0.3) is 0 Å². The second-order valence-corrected chi connectivity index (χ2v) is 3.10. The molecular formula is C13H16IrO2. The molecule has 0 aromatic heterocycles. The number of aliphatic hydroxyl groups excluding tert-OH is 1. The van der Waals surface area contributed by atoms with E-state index in [1.807, 2.05) is 0 Å². The number of rotatable bonds is 1. The number of hydrogen-bond donors (Lipinski definition) is 1. The van der Waals surface area contributed by atoms with Crippen LogP contribution in [0.5, 0.6) is 0 Å². The largest absolute Gasteiger partial charge is 0.512 e. The van der Waals surface area contributed by atoms with E-state index in [9.17, 15) is 4.79 Å². The van der Waals surface area contributed by atoms with Gasteiger partial charge in [-0.25, -0.2) is 0 Å². The van der Waals surface area contributed by atoms with Crippen LogP contribution < -0.4 is 0 Å². The Bertz CT molecular complexity index is 172. The zero-order valence-electron chi connectivity index (χ0n) is 9.59. The van der Waals surface area contributed by atoms with E-state index < -0.39 is 0 Å². The van der Waals surface area contributed by atoms with Crippen LogP contribution in [0.15, 0.2) is 11.8 Å². The predicted molar refractivity (Wildman–Crippen MR) is 58.5 cm³/mol. The first-order valence-corrected chi connectivity index (χ1v) is 4.92. The number of allylic oxidation sites excluding steroid dienone is 2. The van der Waals surface area contributed by atoms with Crippen molar-refractivity contribution in [1.29, 1.82) is 0 Å². The fraction of sp³-hybridized carbons (Fsp3) is 0.462. The molecule has 0 unspecified atom stereocenters. The zero-order chi connectivity index (χ0) is 11.5. The fourth-order valence-electron chi connectivity index (χ4n) is 0.898. The summed E-state index contributed by atoms with van der Waals surface area (Å²) >= 11 is 0. The average molecular weight is 396 g/mol. The molecule has 0 amide bonds. The van der Waals surface area contributed by atoms with Crippen LogP contribution in [0.2, 0.25) is 0 Å². The molecule has 89 valence electrons. The third kappa shape index (κ3) is 16.3. The second-order valence-electron chi connectivity index (χ2n) is 3.10. The summed E-state index contributed by atoms with van der Waals surface area (Å²) in [5, 5.41) is 8.36. The molecule has 0 bridgehead atoms. The molecule has 1 saturated carbocycles. The minimum absolute atomic E-state index is 0. The molecule has 0 heterocycles. The van der Waals surface area contributed by atoms with Gasteiger partial charge in [-0.1, -0.05) is 0 Å². The summed E-state index contributed by atoms with van der Waals surface area (Å²) in [5.41, 5.74) is 0. The Morgan fingerprint density at radius 2 is 1.31 bits per heavy atom. The predicted octanol–water partition coefficient (Wildman–Crippen LogP) is 2.92. The number of carbonyl (C=O) groups excluding carboxylic acids is 1. The van der Waals surface area contributed by atoms with Gasteiger partial charge in [0.05, 0.1) is 5.76 Å². The minimum Gasteiger partial charge on any atom is -0.512 e. The van der Waals surface area contributed by atoms with E-state index in [-0.39, 0.29) is 31.6 Å². The SMILES string of the molecule is CC(=O)/C=C(/C)O.[C]1[C]CC[C][C]CC1.[Ir]. The quantitative estimate of drug-likeness (QED) is 0.547. The van der Waals surface area contributed by atoms with Gasteiger partial charge < -0.3 is 5.11 Å². The summed E-state index contributed by atoms with van der Waals surface area (Å²) in [6, 6.07) is 0. The third-order valence-electron chi connectivity index (χ3n) is 1.41. The van der Waals surface area contributed by atoms with Crippen LogP contribution in [0.4, 0.5) is 0 Å². The van der Waals surface area contributed by atoms with Crippen LogP contribution in [0, 0.1) is 25.7 Å². The third-order valence-corrected chi connectivity index (χ3v) is 1.41. The first kappa shape index (κ1) is 18.2. The summed E-state index contributed by atoms with van der Waals surface area (Å²) in [6.07, 6.45) is 17.2. The maximum Gasteiger partial charge on any atom is 0.155 e. The first-order chi connectivity index (χ1) is 7.13. The maximum absolute atomic E-state index is 10.0. The molecule has 0 aromatic rings. The smallest absolute Gasteiger partial charge is 0.155 e. The molecular weight excluding hydrogens is 380 g/mol. The normalized spacial score (nSPS) is 17.0. The number of ketones is 1. The monoisotopic (exact) mass is 397 g/mol.